The number of anilines is 1. The standard InChI is InChI=1S/C11H10N6O2/c12-4-9-3-8(1-2-13-9)14-5-10-6-17(16-15-10)7-11(18)19/h1-3,6H,5,7H2,(H,13,14)(H,18,19). The van der Waals surface area contributed by atoms with E-state index in [1.165, 1.54) is 10.9 Å². The van der Waals surface area contributed by atoms with Gasteiger partial charge in [-0.15, -0.1) is 5.10 Å². The lowest BCUT2D eigenvalue weighted by molar-refractivity contribution is -0.137. The molecular formula is C11H10N6O2. The Morgan fingerprint density at radius 2 is 2.42 bits per heavy atom. The van der Waals surface area contributed by atoms with Crippen molar-refractivity contribution in [2.24, 2.45) is 0 Å². The molecule has 0 saturated carbocycles. The highest BCUT2D eigenvalue weighted by Gasteiger charge is 2.04. The Labute approximate surface area is 108 Å². The molecule has 2 rings (SSSR count). The molecule has 0 amide bonds. The molecule has 96 valence electrons. The van der Waals surface area contributed by atoms with E-state index in [0.29, 0.717) is 17.9 Å². The largest absolute Gasteiger partial charge is 0.480 e. The Balaban J connectivity index is 1.96. The second kappa shape index (κ2) is 5.59. The van der Waals surface area contributed by atoms with Crippen LogP contribution in [0.15, 0.2) is 24.5 Å². The lowest BCUT2D eigenvalue weighted by Crippen LogP contribution is -2.09. The number of nitrogens with zero attached hydrogens (tertiary/aromatic N) is 5. The molecule has 2 N–H and O–H groups in total. The van der Waals surface area contributed by atoms with Crippen LogP contribution in [0.1, 0.15) is 11.4 Å². The van der Waals surface area contributed by atoms with Gasteiger partial charge in [0.25, 0.3) is 0 Å². The summed E-state index contributed by atoms with van der Waals surface area (Å²) in [6.07, 6.45) is 3.08. The predicted molar refractivity (Wildman–Crippen MR) is 63.9 cm³/mol. The number of carboxylic acid groups (broad SMARTS) is 1. The van der Waals surface area contributed by atoms with Gasteiger partial charge in [0.15, 0.2) is 0 Å². The number of hydrogen-bond acceptors (Lipinski definition) is 6. The molecule has 0 aliphatic rings. The lowest BCUT2D eigenvalue weighted by atomic mass is 10.3. The average Bonchev–Trinajstić information content (AvgIpc) is 2.83. The number of hydrogen-bond donors (Lipinski definition) is 2. The van der Waals surface area contributed by atoms with Crippen LogP contribution in [0.5, 0.6) is 0 Å². The van der Waals surface area contributed by atoms with Crippen molar-refractivity contribution in [1.82, 2.24) is 20.0 Å². The summed E-state index contributed by atoms with van der Waals surface area (Å²) < 4.78 is 1.24. The zero-order valence-corrected chi connectivity index (χ0v) is 9.82. The summed E-state index contributed by atoms with van der Waals surface area (Å²) in [5, 5.41) is 27.9. The van der Waals surface area contributed by atoms with Crippen LogP contribution in [0.25, 0.3) is 0 Å². The van der Waals surface area contributed by atoms with E-state index < -0.39 is 5.97 Å². The maximum atomic E-state index is 10.5. The summed E-state index contributed by atoms with van der Waals surface area (Å²) in [6.45, 7) is 0.162. The van der Waals surface area contributed by atoms with Gasteiger partial charge in [-0.3, -0.25) is 4.79 Å². The minimum atomic E-state index is -0.975. The van der Waals surface area contributed by atoms with Crippen LogP contribution < -0.4 is 5.32 Å². The molecular weight excluding hydrogens is 248 g/mol. The maximum absolute atomic E-state index is 10.5. The molecule has 0 fully saturated rings. The van der Waals surface area contributed by atoms with E-state index in [0.717, 1.165) is 5.69 Å². The van der Waals surface area contributed by atoms with E-state index in [-0.39, 0.29) is 6.54 Å². The molecule has 2 heterocycles. The molecule has 8 heteroatoms. The smallest absolute Gasteiger partial charge is 0.325 e. The minimum absolute atomic E-state index is 0.221. The predicted octanol–water partition coefficient (Wildman–Crippen LogP) is 0.241. The third-order valence-electron chi connectivity index (χ3n) is 2.23. The van der Waals surface area contributed by atoms with Gasteiger partial charge in [0, 0.05) is 11.9 Å². The van der Waals surface area contributed by atoms with E-state index >= 15 is 0 Å². The first-order valence-electron chi connectivity index (χ1n) is 5.38. The van der Waals surface area contributed by atoms with Crippen LogP contribution in [0.2, 0.25) is 0 Å². The molecule has 0 spiro atoms. The molecule has 0 atom stereocenters. The van der Waals surface area contributed by atoms with Crippen LogP contribution in [-0.4, -0.2) is 31.1 Å². The molecule has 0 aliphatic carbocycles. The van der Waals surface area contributed by atoms with Crippen LogP contribution in [0.3, 0.4) is 0 Å². The van der Waals surface area contributed by atoms with E-state index in [1.54, 1.807) is 18.3 Å². The summed E-state index contributed by atoms with van der Waals surface area (Å²) in [4.78, 5) is 14.3. The number of nitrogens with one attached hydrogen (secondary N) is 1. The molecule has 0 radical (unpaired) electrons. The Hall–Kier alpha value is -2.95. The van der Waals surface area contributed by atoms with Crippen LogP contribution in [-0.2, 0) is 17.9 Å². The summed E-state index contributed by atoms with van der Waals surface area (Å²) in [6, 6.07) is 5.28. The lowest BCUT2D eigenvalue weighted by Gasteiger charge is -2.03. The molecule has 0 aromatic carbocycles. The Kier molecular flexibility index (Phi) is 3.68. The molecule has 0 bridgehead atoms. The third kappa shape index (κ3) is 3.50. The highest BCUT2D eigenvalue weighted by Crippen LogP contribution is 2.08. The van der Waals surface area contributed by atoms with Crippen molar-refractivity contribution in [1.29, 1.82) is 5.26 Å². The number of carboxylic acids is 1. The van der Waals surface area contributed by atoms with Crippen LogP contribution in [0, 0.1) is 11.3 Å². The number of aliphatic carboxylic acids is 1. The van der Waals surface area contributed by atoms with Gasteiger partial charge in [0.2, 0.25) is 0 Å². The molecule has 19 heavy (non-hydrogen) atoms. The molecule has 2 aromatic heterocycles. The maximum Gasteiger partial charge on any atom is 0.325 e. The number of carbonyl (C=O) groups is 1. The average molecular weight is 258 g/mol. The first kappa shape index (κ1) is 12.5. The summed E-state index contributed by atoms with van der Waals surface area (Å²) in [5.41, 5.74) is 1.66. The first-order valence-corrected chi connectivity index (χ1v) is 5.38. The van der Waals surface area contributed by atoms with Gasteiger partial charge in [-0.25, -0.2) is 9.67 Å². The molecule has 0 aliphatic heterocycles. The zero-order chi connectivity index (χ0) is 13.7. The number of nitriles is 1. The molecule has 2 aromatic rings. The zero-order valence-electron chi connectivity index (χ0n) is 9.82. The summed E-state index contributed by atoms with van der Waals surface area (Å²) >= 11 is 0. The van der Waals surface area contributed by atoms with Crippen molar-refractivity contribution in [2.75, 3.05) is 5.32 Å². The van der Waals surface area contributed by atoms with E-state index in [4.69, 9.17) is 10.4 Å². The molecule has 0 saturated heterocycles. The Morgan fingerprint density at radius 3 is 3.16 bits per heavy atom. The first-order chi connectivity index (χ1) is 9.17. The second-order valence-electron chi connectivity index (χ2n) is 3.70. The minimum Gasteiger partial charge on any atom is -0.480 e. The van der Waals surface area contributed by atoms with Crippen molar-refractivity contribution in [3.63, 3.8) is 0 Å². The Bertz CT molecular complexity index is 630. The molecule has 8 nitrogen and oxygen atoms in total. The van der Waals surface area contributed by atoms with E-state index in [2.05, 4.69) is 20.6 Å². The van der Waals surface area contributed by atoms with Gasteiger partial charge in [-0.05, 0) is 12.1 Å². The highest BCUT2D eigenvalue weighted by atomic mass is 16.4. The fourth-order valence-electron chi connectivity index (χ4n) is 1.43. The van der Waals surface area contributed by atoms with Gasteiger partial charge in [0.05, 0.1) is 12.7 Å². The van der Waals surface area contributed by atoms with Gasteiger partial charge in [-0.1, -0.05) is 5.21 Å². The quantitative estimate of drug-likeness (QED) is 0.788. The van der Waals surface area contributed by atoms with Crippen molar-refractivity contribution < 1.29 is 9.90 Å². The second-order valence-corrected chi connectivity index (χ2v) is 3.70. The van der Waals surface area contributed by atoms with Gasteiger partial charge in [0.1, 0.15) is 24.0 Å². The van der Waals surface area contributed by atoms with Gasteiger partial charge in [-0.2, -0.15) is 5.26 Å². The van der Waals surface area contributed by atoms with Crippen molar-refractivity contribution >= 4 is 11.7 Å². The summed E-state index contributed by atoms with van der Waals surface area (Å²) in [7, 11) is 0. The van der Waals surface area contributed by atoms with Crippen LogP contribution >= 0.6 is 0 Å². The van der Waals surface area contributed by atoms with Crippen LogP contribution in [0.4, 0.5) is 5.69 Å². The number of aromatic nitrogens is 4. The van der Waals surface area contributed by atoms with Gasteiger partial charge < -0.3 is 10.4 Å². The monoisotopic (exact) mass is 258 g/mol. The number of pyridine rings is 1. The fourth-order valence-corrected chi connectivity index (χ4v) is 1.43. The SMILES string of the molecule is N#Cc1cc(NCc2cn(CC(=O)O)nn2)ccn1. The number of rotatable bonds is 5. The normalized spacial score (nSPS) is 9.84. The third-order valence-corrected chi connectivity index (χ3v) is 2.23. The highest BCUT2D eigenvalue weighted by molar-refractivity contribution is 5.66. The van der Waals surface area contributed by atoms with Crippen molar-refractivity contribution in [3.05, 3.63) is 35.9 Å². The van der Waals surface area contributed by atoms with Crippen molar-refractivity contribution in [2.45, 2.75) is 13.1 Å². The van der Waals surface area contributed by atoms with Gasteiger partial charge >= 0.3 is 5.97 Å². The fraction of sp³-hybridized carbons (Fsp3) is 0.182. The topological polar surface area (TPSA) is 117 Å². The summed E-state index contributed by atoms with van der Waals surface area (Å²) in [5.74, 6) is -0.975. The molecule has 0 unspecified atom stereocenters. The van der Waals surface area contributed by atoms with E-state index in [1.807, 2.05) is 6.07 Å². The van der Waals surface area contributed by atoms with Crippen molar-refractivity contribution in [3.8, 4) is 6.07 Å². The Morgan fingerprint density at radius 1 is 1.58 bits per heavy atom. The van der Waals surface area contributed by atoms with E-state index in [9.17, 15) is 4.79 Å².